The highest BCUT2D eigenvalue weighted by molar-refractivity contribution is 7.88. The number of nitrogens with one attached hydrogen (secondary N) is 1. The zero-order valence-corrected chi connectivity index (χ0v) is 13.5. The molecule has 8 heteroatoms. The van der Waals surface area contributed by atoms with Gasteiger partial charge in [0.15, 0.2) is 0 Å². The Balaban J connectivity index is 2.04. The molecule has 1 unspecified atom stereocenters. The monoisotopic (exact) mass is 327 g/mol. The Bertz CT molecular complexity index is 634. The second kappa shape index (κ2) is 7.57. The predicted octanol–water partition coefficient (Wildman–Crippen LogP) is 1.77. The van der Waals surface area contributed by atoms with Gasteiger partial charge >= 0.3 is 0 Å². The van der Waals surface area contributed by atoms with Crippen LogP contribution in [0, 0.1) is 0 Å². The molecule has 0 fully saturated rings. The van der Waals surface area contributed by atoms with E-state index in [1.54, 1.807) is 12.3 Å². The lowest BCUT2D eigenvalue weighted by Crippen LogP contribution is -2.38. The van der Waals surface area contributed by atoms with Crippen LogP contribution in [0.2, 0.25) is 0 Å². The maximum atomic E-state index is 12.1. The molecule has 122 valence electrons. The van der Waals surface area contributed by atoms with Crippen molar-refractivity contribution in [3.8, 4) is 0 Å². The van der Waals surface area contributed by atoms with Gasteiger partial charge in [-0.1, -0.05) is 19.0 Å². The summed E-state index contributed by atoms with van der Waals surface area (Å²) in [6.45, 7) is 5.90. The Morgan fingerprint density at radius 1 is 1.27 bits per heavy atom. The van der Waals surface area contributed by atoms with Crippen molar-refractivity contribution in [3.63, 3.8) is 0 Å². The molecule has 0 saturated carbocycles. The lowest BCUT2D eigenvalue weighted by molar-refractivity contribution is 0.194. The normalized spacial score (nSPS) is 13.6. The molecule has 0 bridgehead atoms. The number of furan rings is 1. The molecule has 0 saturated heterocycles. The second-order valence-electron chi connectivity index (χ2n) is 4.85. The molecule has 0 aliphatic heterocycles. The van der Waals surface area contributed by atoms with Crippen LogP contribution in [0.1, 0.15) is 31.3 Å². The highest BCUT2D eigenvalue weighted by Crippen LogP contribution is 2.20. The van der Waals surface area contributed by atoms with Gasteiger partial charge in [-0.2, -0.15) is 0 Å². The molecule has 0 spiro atoms. The van der Waals surface area contributed by atoms with Crippen molar-refractivity contribution in [3.05, 3.63) is 42.2 Å². The molecule has 1 N–H and O–H groups in total. The minimum atomic E-state index is -3.48. The lowest BCUT2D eigenvalue weighted by Gasteiger charge is -2.28. The van der Waals surface area contributed by atoms with Gasteiger partial charge in [0.2, 0.25) is 10.0 Å². The van der Waals surface area contributed by atoms with Gasteiger partial charge in [0.1, 0.15) is 17.8 Å². The highest BCUT2D eigenvalue weighted by Gasteiger charge is 2.23. The van der Waals surface area contributed by atoms with Crippen LogP contribution in [0.15, 0.2) is 39.7 Å². The van der Waals surface area contributed by atoms with Crippen LogP contribution >= 0.6 is 0 Å². The van der Waals surface area contributed by atoms with Crippen molar-refractivity contribution in [2.75, 3.05) is 19.6 Å². The molecule has 2 aromatic rings. The van der Waals surface area contributed by atoms with Gasteiger partial charge in [-0.3, -0.25) is 4.90 Å². The van der Waals surface area contributed by atoms with Gasteiger partial charge in [-0.25, -0.2) is 13.1 Å². The van der Waals surface area contributed by atoms with Crippen molar-refractivity contribution in [1.82, 2.24) is 14.8 Å². The summed E-state index contributed by atoms with van der Waals surface area (Å²) in [4.78, 5) is 2.14. The van der Waals surface area contributed by atoms with Gasteiger partial charge < -0.3 is 8.94 Å². The molecule has 0 radical (unpaired) electrons. The van der Waals surface area contributed by atoms with E-state index >= 15 is 0 Å². The summed E-state index contributed by atoms with van der Waals surface area (Å²) in [5.41, 5.74) is 0.380. The molecular weight excluding hydrogens is 306 g/mol. The van der Waals surface area contributed by atoms with E-state index in [1.807, 2.05) is 19.9 Å². The first-order valence-corrected chi connectivity index (χ1v) is 8.85. The Morgan fingerprint density at radius 3 is 2.59 bits per heavy atom. The molecule has 0 aliphatic rings. The molecule has 22 heavy (non-hydrogen) atoms. The van der Waals surface area contributed by atoms with E-state index in [4.69, 9.17) is 4.42 Å². The van der Waals surface area contributed by atoms with Crippen LogP contribution in [-0.2, 0) is 15.8 Å². The highest BCUT2D eigenvalue weighted by atomic mass is 32.2. The van der Waals surface area contributed by atoms with Crippen molar-refractivity contribution in [2.45, 2.75) is 25.6 Å². The van der Waals surface area contributed by atoms with Crippen molar-refractivity contribution < 1.29 is 17.4 Å². The summed E-state index contributed by atoms with van der Waals surface area (Å²) >= 11 is 0. The fourth-order valence-electron chi connectivity index (χ4n) is 2.32. The fraction of sp³-hybridized carbons (Fsp3) is 0.500. The average molecular weight is 327 g/mol. The Morgan fingerprint density at radius 2 is 2.05 bits per heavy atom. The fourth-order valence-corrected chi connectivity index (χ4v) is 3.37. The van der Waals surface area contributed by atoms with Gasteiger partial charge in [0.05, 0.1) is 18.0 Å². The Labute approximate surface area is 130 Å². The molecule has 0 amide bonds. The topological polar surface area (TPSA) is 88.6 Å². The summed E-state index contributed by atoms with van der Waals surface area (Å²) in [7, 11) is -3.48. The van der Waals surface area contributed by atoms with Gasteiger partial charge in [0, 0.05) is 12.6 Å². The van der Waals surface area contributed by atoms with Crippen LogP contribution < -0.4 is 4.72 Å². The molecular formula is C14H21N3O4S. The van der Waals surface area contributed by atoms with Gasteiger partial charge in [-0.15, -0.1) is 0 Å². The van der Waals surface area contributed by atoms with Crippen molar-refractivity contribution in [1.29, 1.82) is 0 Å². The number of hydrogen-bond acceptors (Lipinski definition) is 6. The number of hydrogen-bond donors (Lipinski definition) is 1. The third-order valence-electron chi connectivity index (χ3n) is 3.45. The Hall–Kier alpha value is -1.64. The number of rotatable bonds is 9. The van der Waals surface area contributed by atoms with E-state index in [9.17, 15) is 8.42 Å². The van der Waals surface area contributed by atoms with Gasteiger partial charge in [-0.05, 0) is 25.2 Å². The zero-order valence-electron chi connectivity index (χ0n) is 12.7. The van der Waals surface area contributed by atoms with E-state index in [1.165, 1.54) is 12.3 Å². The van der Waals surface area contributed by atoms with E-state index in [0.717, 1.165) is 18.8 Å². The third-order valence-corrected chi connectivity index (χ3v) is 4.73. The third kappa shape index (κ3) is 4.43. The van der Waals surface area contributed by atoms with E-state index in [2.05, 4.69) is 19.3 Å². The molecule has 2 rings (SSSR count). The van der Waals surface area contributed by atoms with Crippen LogP contribution in [0.5, 0.6) is 0 Å². The molecule has 0 aromatic carbocycles. The Kier molecular flexibility index (Phi) is 5.76. The summed E-state index contributed by atoms with van der Waals surface area (Å²) in [6.07, 6.45) is 2.95. The maximum absolute atomic E-state index is 12.1. The number of nitrogens with zero attached hydrogens (tertiary/aromatic N) is 2. The molecule has 1 atom stereocenters. The first kappa shape index (κ1) is 16.7. The van der Waals surface area contributed by atoms with Crippen LogP contribution in [-0.4, -0.2) is 38.1 Å². The maximum Gasteiger partial charge on any atom is 0.217 e. The summed E-state index contributed by atoms with van der Waals surface area (Å²) < 4.78 is 37.0. The molecule has 2 aromatic heterocycles. The minimum absolute atomic E-state index is 0.142. The number of likely N-dealkylation sites (N-methyl/N-ethyl adjacent to an activating group) is 1. The smallest absolute Gasteiger partial charge is 0.217 e. The summed E-state index contributed by atoms with van der Waals surface area (Å²) in [6, 6.07) is 5.05. The van der Waals surface area contributed by atoms with Gasteiger partial charge in [0.25, 0.3) is 0 Å². The van der Waals surface area contributed by atoms with Crippen LogP contribution in [0.4, 0.5) is 0 Å². The van der Waals surface area contributed by atoms with Crippen LogP contribution in [0.3, 0.4) is 0 Å². The lowest BCUT2D eigenvalue weighted by atomic mass is 10.2. The number of aromatic nitrogens is 1. The first-order valence-electron chi connectivity index (χ1n) is 7.19. The zero-order chi connectivity index (χ0) is 16.0. The van der Waals surface area contributed by atoms with E-state index in [0.29, 0.717) is 5.69 Å². The molecule has 0 aliphatic carbocycles. The number of sulfonamides is 1. The average Bonchev–Trinajstić information content (AvgIpc) is 3.16. The molecule has 2 heterocycles. The van der Waals surface area contributed by atoms with Crippen LogP contribution in [0.25, 0.3) is 0 Å². The van der Waals surface area contributed by atoms with E-state index in [-0.39, 0.29) is 18.3 Å². The standard InChI is InChI=1S/C14H21N3O4S/c1-3-17(4-2)13(14-6-5-8-20-14)10-15-22(18,19)11-12-7-9-21-16-12/h5-9,13,15H,3-4,10-11H2,1-2H3. The molecule has 7 nitrogen and oxygen atoms in total. The van der Waals surface area contributed by atoms with Crippen molar-refractivity contribution in [2.24, 2.45) is 0 Å². The summed E-state index contributed by atoms with van der Waals surface area (Å²) in [5, 5.41) is 3.62. The SMILES string of the molecule is CCN(CC)C(CNS(=O)(=O)Cc1ccon1)c1ccco1. The summed E-state index contributed by atoms with van der Waals surface area (Å²) in [5.74, 6) is 0.542. The predicted molar refractivity (Wildman–Crippen MR) is 81.5 cm³/mol. The van der Waals surface area contributed by atoms with Crippen molar-refractivity contribution >= 4 is 10.0 Å². The minimum Gasteiger partial charge on any atom is -0.468 e. The quantitative estimate of drug-likeness (QED) is 0.755. The second-order valence-corrected chi connectivity index (χ2v) is 6.66. The largest absolute Gasteiger partial charge is 0.468 e. The first-order chi connectivity index (χ1) is 10.6. The van der Waals surface area contributed by atoms with E-state index < -0.39 is 10.0 Å².